The predicted molar refractivity (Wildman–Crippen MR) is 177 cm³/mol. The Morgan fingerprint density at radius 1 is 0.524 bits per heavy atom. The van der Waals surface area contributed by atoms with E-state index in [1.54, 1.807) is 0 Å². The highest BCUT2D eigenvalue weighted by Crippen LogP contribution is 2.55. The lowest BCUT2D eigenvalue weighted by atomic mass is 9.62. The summed E-state index contributed by atoms with van der Waals surface area (Å²) >= 11 is 0. The largest absolute Gasteiger partial charge is 0.456 e. The third kappa shape index (κ3) is 2.46. The standard InChI is InChI=1S/C39H27NOSi/c1-42(2)36-21-10-6-16-29(36)39(31-23-35-27(22-37(31)42)25-13-4-9-20-34(25)41-35)28-15-5-8-19-33(28)40-32-18-7-3-12-24(32)26-14-11-17-30(39)38(26)40/h3-23H,1-2H3. The van der Waals surface area contributed by atoms with Gasteiger partial charge in [0.1, 0.15) is 19.2 Å². The zero-order valence-corrected chi connectivity index (χ0v) is 24.5. The molecule has 0 saturated heterocycles. The first kappa shape index (κ1) is 22.8. The molecule has 8 aromatic rings. The topological polar surface area (TPSA) is 18.1 Å². The van der Waals surface area contributed by atoms with Crippen molar-refractivity contribution in [2.45, 2.75) is 18.5 Å². The molecule has 2 aromatic heterocycles. The summed E-state index contributed by atoms with van der Waals surface area (Å²) in [4.78, 5) is 0. The summed E-state index contributed by atoms with van der Waals surface area (Å²) in [5, 5.41) is 8.03. The molecule has 2 nitrogen and oxygen atoms in total. The van der Waals surface area contributed by atoms with Crippen molar-refractivity contribution in [3.63, 3.8) is 0 Å². The predicted octanol–water partition coefficient (Wildman–Crippen LogP) is 8.52. The molecular formula is C39H27NOSi. The minimum Gasteiger partial charge on any atom is -0.456 e. The minimum atomic E-state index is -2.10. The molecule has 2 aliphatic heterocycles. The Morgan fingerprint density at radius 3 is 2.12 bits per heavy atom. The highest BCUT2D eigenvalue weighted by atomic mass is 28.3. The lowest BCUT2D eigenvalue weighted by Crippen LogP contribution is -2.63. The third-order valence-corrected chi connectivity index (χ3v) is 13.8. The maximum atomic E-state index is 6.60. The number of hydrogen-bond acceptors (Lipinski definition) is 1. The number of benzene rings is 6. The van der Waals surface area contributed by atoms with Gasteiger partial charge in [-0.2, -0.15) is 0 Å². The molecule has 42 heavy (non-hydrogen) atoms. The van der Waals surface area contributed by atoms with Crippen LogP contribution in [-0.4, -0.2) is 12.6 Å². The second-order valence-electron chi connectivity index (χ2n) is 12.5. The van der Waals surface area contributed by atoms with Gasteiger partial charge in [-0.25, -0.2) is 0 Å². The molecule has 4 heterocycles. The number of furan rings is 1. The molecule has 0 aliphatic carbocycles. The molecule has 6 aromatic carbocycles. The van der Waals surface area contributed by atoms with Crippen molar-refractivity contribution in [2.75, 3.05) is 0 Å². The van der Waals surface area contributed by atoms with Gasteiger partial charge in [-0.15, -0.1) is 0 Å². The van der Waals surface area contributed by atoms with Crippen LogP contribution in [0.3, 0.4) is 0 Å². The maximum absolute atomic E-state index is 6.60. The SMILES string of the molecule is C[Si]1(C)c2ccccc2C2(c3ccccc3-n3c4ccccc4c4cccc2c43)c2cc3oc4ccccc4c3cc21. The number of rotatable bonds is 0. The van der Waals surface area contributed by atoms with Crippen LogP contribution in [0.5, 0.6) is 0 Å². The fraction of sp³-hybridized carbons (Fsp3) is 0.0769. The minimum absolute atomic E-state index is 0.470. The van der Waals surface area contributed by atoms with Crippen LogP contribution in [0, 0.1) is 0 Å². The van der Waals surface area contributed by atoms with Crippen LogP contribution < -0.4 is 10.4 Å². The van der Waals surface area contributed by atoms with E-state index in [0.717, 1.165) is 11.2 Å². The van der Waals surface area contributed by atoms with Crippen LogP contribution in [0.25, 0.3) is 49.4 Å². The van der Waals surface area contributed by atoms with Gasteiger partial charge in [0.15, 0.2) is 0 Å². The van der Waals surface area contributed by atoms with Crippen molar-refractivity contribution < 1.29 is 4.42 Å². The fourth-order valence-electron chi connectivity index (χ4n) is 8.53. The number of para-hydroxylation sites is 4. The van der Waals surface area contributed by atoms with Gasteiger partial charge in [-0.05, 0) is 56.9 Å². The van der Waals surface area contributed by atoms with Gasteiger partial charge < -0.3 is 8.98 Å². The molecule has 1 spiro atoms. The van der Waals surface area contributed by atoms with Crippen LogP contribution in [0.4, 0.5) is 0 Å². The Hall–Kier alpha value is -4.86. The Balaban J connectivity index is 1.49. The zero-order chi connectivity index (χ0) is 27.8. The molecule has 0 amide bonds. The van der Waals surface area contributed by atoms with E-state index in [2.05, 4.69) is 145 Å². The van der Waals surface area contributed by atoms with E-state index in [0.29, 0.717) is 0 Å². The van der Waals surface area contributed by atoms with Crippen molar-refractivity contribution in [1.82, 2.24) is 4.57 Å². The van der Waals surface area contributed by atoms with E-state index in [-0.39, 0.29) is 0 Å². The fourth-order valence-corrected chi connectivity index (χ4v) is 11.7. The first-order valence-corrected chi connectivity index (χ1v) is 17.8. The molecule has 198 valence electrons. The number of fused-ring (bicyclic) bond motifs is 14. The molecule has 3 heteroatoms. The van der Waals surface area contributed by atoms with Crippen LogP contribution >= 0.6 is 0 Å². The van der Waals surface area contributed by atoms with Crippen LogP contribution in [0.2, 0.25) is 13.1 Å². The number of hydrogen-bond donors (Lipinski definition) is 0. The first-order chi connectivity index (χ1) is 20.6. The summed E-state index contributed by atoms with van der Waals surface area (Å²) < 4.78 is 9.11. The molecule has 1 atom stereocenters. The van der Waals surface area contributed by atoms with Gasteiger partial charge in [0.05, 0.1) is 22.1 Å². The monoisotopic (exact) mass is 553 g/mol. The van der Waals surface area contributed by atoms with E-state index >= 15 is 0 Å². The van der Waals surface area contributed by atoms with Gasteiger partial charge >= 0.3 is 0 Å². The van der Waals surface area contributed by atoms with E-state index < -0.39 is 13.5 Å². The van der Waals surface area contributed by atoms with Crippen molar-refractivity contribution in [2.24, 2.45) is 0 Å². The quantitative estimate of drug-likeness (QED) is 0.172. The highest BCUT2D eigenvalue weighted by Gasteiger charge is 2.53. The Morgan fingerprint density at radius 2 is 1.21 bits per heavy atom. The molecule has 0 radical (unpaired) electrons. The second kappa shape index (κ2) is 7.50. The summed E-state index contributed by atoms with van der Waals surface area (Å²) in [6.45, 7) is 5.05. The van der Waals surface area contributed by atoms with Crippen molar-refractivity contribution >= 4 is 62.2 Å². The smallest absolute Gasteiger partial charge is 0.135 e. The summed E-state index contributed by atoms with van der Waals surface area (Å²) in [6, 6.07) is 47.6. The Kier molecular flexibility index (Phi) is 4.07. The lowest BCUT2D eigenvalue weighted by molar-refractivity contribution is 0.664. The summed E-state index contributed by atoms with van der Waals surface area (Å²) in [5.74, 6) is 0. The summed E-state index contributed by atoms with van der Waals surface area (Å²) in [7, 11) is -2.10. The molecular weight excluding hydrogens is 527 g/mol. The van der Waals surface area contributed by atoms with Gasteiger partial charge in [0.25, 0.3) is 0 Å². The van der Waals surface area contributed by atoms with Crippen molar-refractivity contribution in [3.05, 3.63) is 150 Å². The maximum Gasteiger partial charge on any atom is 0.135 e. The van der Waals surface area contributed by atoms with E-state index in [1.807, 2.05) is 0 Å². The van der Waals surface area contributed by atoms with Gasteiger partial charge in [-0.1, -0.05) is 116 Å². The molecule has 10 rings (SSSR count). The van der Waals surface area contributed by atoms with E-state index in [1.165, 1.54) is 70.9 Å². The third-order valence-electron chi connectivity index (χ3n) is 10.2. The van der Waals surface area contributed by atoms with Gasteiger partial charge in [0, 0.05) is 21.5 Å². The van der Waals surface area contributed by atoms with Gasteiger partial charge in [0.2, 0.25) is 0 Å². The van der Waals surface area contributed by atoms with Gasteiger partial charge in [-0.3, -0.25) is 0 Å². The molecule has 0 saturated carbocycles. The summed E-state index contributed by atoms with van der Waals surface area (Å²) in [6.07, 6.45) is 0. The molecule has 1 unspecified atom stereocenters. The molecule has 2 aliphatic rings. The van der Waals surface area contributed by atoms with E-state index in [4.69, 9.17) is 4.42 Å². The summed E-state index contributed by atoms with van der Waals surface area (Å²) in [5.41, 5.74) is 10.8. The average molecular weight is 554 g/mol. The zero-order valence-electron chi connectivity index (χ0n) is 23.5. The van der Waals surface area contributed by atoms with Crippen molar-refractivity contribution in [1.29, 1.82) is 0 Å². The molecule has 0 bridgehead atoms. The Bertz CT molecular complexity index is 2460. The number of nitrogens with zero attached hydrogens (tertiary/aromatic N) is 1. The normalized spacial score (nSPS) is 18.0. The number of aromatic nitrogens is 1. The average Bonchev–Trinajstić information content (AvgIpc) is 3.57. The van der Waals surface area contributed by atoms with Crippen LogP contribution in [0.1, 0.15) is 22.3 Å². The van der Waals surface area contributed by atoms with Crippen LogP contribution in [0.15, 0.2) is 132 Å². The second-order valence-corrected chi connectivity index (χ2v) is 16.8. The van der Waals surface area contributed by atoms with E-state index in [9.17, 15) is 0 Å². The Labute approximate surface area is 244 Å². The lowest BCUT2D eigenvalue weighted by Gasteiger charge is -2.49. The first-order valence-electron chi connectivity index (χ1n) is 14.8. The molecule has 0 fully saturated rings. The molecule has 0 N–H and O–H groups in total. The highest BCUT2D eigenvalue weighted by molar-refractivity contribution is 7.01. The van der Waals surface area contributed by atoms with Crippen LogP contribution in [-0.2, 0) is 5.41 Å². The van der Waals surface area contributed by atoms with Crippen molar-refractivity contribution in [3.8, 4) is 5.69 Å².